The summed E-state index contributed by atoms with van der Waals surface area (Å²) in [6.45, 7) is 4.07. The number of hydrogen-bond acceptors (Lipinski definition) is 7. The molecule has 0 radical (unpaired) electrons. The molecule has 140 valence electrons. The molecule has 1 spiro atoms. The van der Waals surface area contributed by atoms with E-state index in [1.54, 1.807) is 0 Å². The molecule has 0 aromatic heterocycles. The van der Waals surface area contributed by atoms with Crippen LogP contribution in [-0.4, -0.2) is 48.9 Å². The van der Waals surface area contributed by atoms with Crippen molar-refractivity contribution in [1.29, 1.82) is 0 Å². The second-order valence-electron chi connectivity index (χ2n) is 8.63. The molecule has 2 saturated heterocycles. The van der Waals surface area contributed by atoms with Crippen molar-refractivity contribution in [1.82, 2.24) is 0 Å². The summed E-state index contributed by atoms with van der Waals surface area (Å²) in [6.07, 6.45) is 2.46. The summed E-state index contributed by atoms with van der Waals surface area (Å²) >= 11 is 0. The second kappa shape index (κ2) is 4.68. The van der Waals surface area contributed by atoms with Crippen LogP contribution in [0.25, 0.3) is 0 Å². The van der Waals surface area contributed by atoms with Gasteiger partial charge in [-0.05, 0) is 30.8 Å². The van der Waals surface area contributed by atoms with Crippen LogP contribution in [-0.2, 0) is 33.3 Å². The number of carbonyl (C=O) groups excluding carboxylic acids is 3. The van der Waals surface area contributed by atoms with Gasteiger partial charge in [0.2, 0.25) is 0 Å². The zero-order valence-corrected chi connectivity index (χ0v) is 15.1. The van der Waals surface area contributed by atoms with Crippen LogP contribution < -0.4 is 0 Å². The fraction of sp³-hybridized carbons (Fsp3) is 0.737. The van der Waals surface area contributed by atoms with Crippen LogP contribution in [0.1, 0.15) is 39.5 Å². The third-order valence-corrected chi connectivity index (χ3v) is 7.40. The first-order valence-corrected chi connectivity index (χ1v) is 9.16. The lowest BCUT2D eigenvalue weighted by molar-refractivity contribution is -0.156. The van der Waals surface area contributed by atoms with E-state index in [2.05, 4.69) is 6.92 Å². The van der Waals surface area contributed by atoms with Crippen LogP contribution in [0.15, 0.2) is 11.6 Å². The Bertz CT molecular complexity index is 772. The summed E-state index contributed by atoms with van der Waals surface area (Å²) in [5.41, 5.74) is -0.966. The van der Waals surface area contributed by atoms with Gasteiger partial charge in [-0.1, -0.05) is 13.3 Å². The maximum absolute atomic E-state index is 12.7. The monoisotopic (exact) mass is 362 g/mol. The molecule has 2 saturated carbocycles. The Morgan fingerprint density at radius 2 is 1.96 bits per heavy atom. The highest BCUT2D eigenvalue weighted by Gasteiger charge is 2.82. The molecule has 26 heavy (non-hydrogen) atoms. The predicted molar refractivity (Wildman–Crippen MR) is 85.6 cm³/mol. The molecule has 3 aliphatic heterocycles. The van der Waals surface area contributed by atoms with Crippen LogP contribution in [0.2, 0.25) is 0 Å². The third-order valence-electron chi connectivity index (χ3n) is 7.40. The number of cyclic esters (lactones) is 1. The van der Waals surface area contributed by atoms with Gasteiger partial charge in [-0.2, -0.15) is 0 Å². The third kappa shape index (κ3) is 1.66. The zero-order chi connectivity index (χ0) is 18.5. The number of esters is 3. The van der Waals surface area contributed by atoms with E-state index in [1.165, 1.54) is 13.2 Å². The number of rotatable bonds is 2. The van der Waals surface area contributed by atoms with Crippen LogP contribution in [0.3, 0.4) is 0 Å². The SMILES string of the molecule is COC(=O)CC1OC(=O)C=C2[C@@]13O[C@@H]3[C@H]1OC(=O)[C@@]3(C)CCC[C@@]2(C)[C@@H]13. The number of ether oxygens (including phenoxy) is 4. The van der Waals surface area contributed by atoms with E-state index in [0.29, 0.717) is 0 Å². The molecule has 4 fully saturated rings. The van der Waals surface area contributed by atoms with Crippen LogP contribution in [0.4, 0.5) is 0 Å². The molecule has 5 aliphatic rings. The van der Waals surface area contributed by atoms with E-state index < -0.39 is 34.5 Å². The van der Waals surface area contributed by atoms with E-state index in [9.17, 15) is 14.4 Å². The van der Waals surface area contributed by atoms with E-state index in [1.807, 2.05) is 6.92 Å². The van der Waals surface area contributed by atoms with E-state index in [-0.39, 0.29) is 30.5 Å². The molecule has 7 atom stereocenters. The highest BCUT2D eigenvalue weighted by Crippen LogP contribution is 2.72. The minimum Gasteiger partial charge on any atom is -0.469 e. The standard InChI is InChI=1S/C19H22O7/c1-17-5-4-6-18(2)14(17)13(25-16(18)22)15-19(26-15)9(17)7-12(21)24-10(19)8-11(20)23-3/h7,10,13-15H,4-6,8H2,1-3H3/t10?,13-,14+,15+,17+,18-,19+/m0/s1. The molecule has 2 aliphatic carbocycles. The Morgan fingerprint density at radius 1 is 1.23 bits per heavy atom. The van der Waals surface area contributed by atoms with Crippen molar-refractivity contribution in [2.75, 3.05) is 7.11 Å². The summed E-state index contributed by atoms with van der Waals surface area (Å²) < 4.78 is 22.2. The normalized spacial score (nSPS) is 50.5. The van der Waals surface area contributed by atoms with Crippen LogP contribution >= 0.6 is 0 Å². The zero-order valence-electron chi connectivity index (χ0n) is 15.1. The molecule has 0 amide bonds. The van der Waals surface area contributed by atoms with Gasteiger partial charge in [-0.3, -0.25) is 9.59 Å². The Balaban J connectivity index is 1.64. The summed E-state index contributed by atoms with van der Waals surface area (Å²) in [4.78, 5) is 36.8. The molecule has 5 rings (SSSR count). The van der Waals surface area contributed by atoms with Gasteiger partial charge in [0.15, 0.2) is 5.60 Å². The first kappa shape index (κ1) is 16.3. The Hall–Kier alpha value is -1.89. The highest BCUT2D eigenvalue weighted by atomic mass is 16.7. The molecule has 0 aromatic carbocycles. The Morgan fingerprint density at radius 3 is 2.69 bits per heavy atom. The molecule has 1 unspecified atom stereocenters. The minimum absolute atomic E-state index is 0.0344. The Kier molecular flexibility index (Phi) is 2.94. The van der Waals surface area contributed by atoms with E-state index >= 15 is 0 Å². The first-order chi connectivity index (χ1) is 12.3. The van der Waals surface area contributed by atoms with Gasteiger partial charge in [-0.25, -0.2) is 4.79 Å². The molecule has 3 heterocycles. The summed E-state index contributed by atoms with van der Waals surface area (Å²) in [5.74, 6) is -1.14. The van der Waals surface area contributed by atoms with E-state index in [4.69, 9.17) is 18.9 Å². The minimum atomic E-state index is -0.874. The van der Waals surface area contributed by atoms with Gasteiger partial charge < -0.3 is 18.9 Å². The van der Waals surface area contributed by atoms with Gasteiger partial charge in [0, 0.05) is 12.0 Å². The van der Waals surface area contributed by atoms with Crippen molar-refractivity contribution in [3.8, 4) is 0 Å². The Labute approximate surface area is 151 Å². The lowest BCUT2D eigenvalue weighted by atomic mass is 9.47. The lowest BCUT2D eigenvalue weighted by Gasteiger charge is -2.53. The number of epoxide rings is 1. The molecular formula is C19H22O7. The largest absolute Gasteiger partial charge is 0.469 e. The number of fused-ring (bicyclic) bond motifs is 2. The van der Waals surface area contributed by atoms with Crippen molar-refractivity contribution in [2.24, 2.45) is 16.7 Å². The fourth-order valence-electron chi connectivity index (χ4n) is 6.32. The second-order valence-corrected chi connectivity index (χ2v) is 8.63. The van der Waals surface area contributed by atoms with Gasteiger partial charge >= 0.3 is 17.9 Å². The van der Waals surface area contributed by atoms with Gasteiger partial charge in [0.25, 0.3) is 0 Å². The van der Waals surface area contributed by atoms with Gasteiger partial charge in [-0.15, -0.1) is 0 Å². The average Bonchev–Trinajstić information content (AvgIpc) is 3.26. The number of carbonyl (C=O) groups is 3. The summed E-state index contributed by atoms with van der Waals surface area (Å²) in [6, 6.07) is 0. The van der Waals surface area contributed by atoms with Gasteiger partial charge in [0.05, 0.1) is 18.9 Å². The fourth-order valence-corrected chi connectivity index (χ4v) is 6.32. The average molecular weight is 362 g/mol. The first-order valence-electron chi connectivity index (χ1n) is 9.16. The maximum atomic E-state index is 12.7. The number of methoxy groups -OCH3 is 1. The molecule has 0 N–H and O–H groups in total. The van der Waals surface area contributed by atoms with Crippen molar-refractivity contribution in [3.63, 3.8) is 0 Å². The van der Waals surface area contributed by atoms with Gasteiger partial charge in [0.1, 0.15) is 18.3 Å². The van der Waals surface area contributed by atoms with Crippen molar-refractivity contribution in [2.45, 2.75) is 63.4 Å². The molecule has 0 bridgehead atoms. The van der Waals surface area contributed by atoms with Crippen LogP contribution in [0, 0.1) is 16.7 Å². The summed E-state index contributed by atoms with van der Waals surface area (Å²) in [7, 11) is 1.30. The molecule has 7 nitrogen and oxygen atoms in total. The quantitative estimate of drug-likeness (QED) is 0.415. The van der Waals surface area contributed by atoms with Crippen molar-refractivity contribution in [3.05, 3.63) is 11.6 Å². The van der Waals surface area contributed by atoms with Crippen LogP contribution in [0.5, 0.6) is 0 Å². The predicted octanol–water partition coefficient (Wildman–Crippen LogP) is 1.29. The van der Waals surface area contributed by atoms with Crippen molar-refractivity contribution < 1.29 is 33.3 Å². The molecule has 0 aromatic rings. The summed E-state index contributed by atoms with van der Waals surface area (Å²) in [5, 5.41) is 0. The highest BCUT2D eigenvalue weighted by molar-refractivity contribution is 5.88. The maximum Gasteiger partial charge on any atom is 0.331 e. The lowest BCUT2D eigenvalue weighted by Crippen LogP contribution is -2.60. The topological polar surface area (TPSA) is 91.4 Å². The van der Waals surface area contributed by atoms with E-state index in [0.717, 1.165) is 24.8 Å². The smallest absolute Gasteiger partial charge is 0.331 e. The van der Waals surface area contributed by atoms with Crippen molar-refractivity contribution >= 4 is 17.9 Å². The molecular weight excluding hydrogens is 340 g/mol. The number of hydrogen-bond donors (Lipinski definition) is 0. The molecule has 7 heteroatoms.